The maximum absolute atomic E-state index is 11.7. The summed E-state index contributed by atoms with van der Waals surface area (Å²) in [6, 6.07) is 5.47. The van der Waals surface area contributed by atoms with Crippen LogP contribution in [0.3, 0.4) is 0 Å². The number of ether oxygens (including phenoxy) is 1. The number of aromatic nitrogens is 1. The quantitative estimate of drug-likeness (QED) is 0.839. The van der Waals surface area contributed by atoms with Crippen molar-refractivity contribution in [3.05, 3.63) is 23.9 Å². The molecule has 1 amide bonds. The Hall–Kier alpha value is -2.04. The van der Waals surface area contributed by atoms with Gasteiger partial charge in [0.1, 0.15) is 5.60 Å². The molecule has 0 saturated heterocycles. The summed E-state index contributed by atoms with van der Waals surface area (Å²) >= 11 is 0. The average molecular weight is 248 g/mol. The lowest BCUT2D eigenvalue weighted by molar-refractivity contribution is 0.0636. The summed E-state index contributed by atoms with van der Waals surface area (Å²) in [5.74, 6) is 0. The lowest BCUT2D eigenvalue weighted by Crippen LogP contribution is -2.27. The molecule has 5 heteroatoms. The van der Waals surface area contributed by atoms with Gasteiger partial charge in [0.15, 0.2) is 5.58 Å². The van der Waals surface area contributed by atoms with Crippen molar-refractivity contribution in [3.8, 4) is 0 Å². The van der Waals surface area contributed by atoms with E-state index in [0.717, 1.165) is 11.1 Å². The Balaban J connectivity index is 2.24. The number of nitrogens with zero attached hydrogens (tertiary/aromatic N) is 1. The van der Waals surface area contributed by atoms with Gasteiger partial charge in [0, 0.05) is 5.39 Å². The predicted octanol–water partition coefficient (Wildman–Crippen LogP) is 3.48. The first-order valence-corrected chi connectivity index (χ1v) is 5.72. The maximum atomic E-state index is 11.7. The number of nitrogens with one attached hydrogen (secondary N) is 1. The van der Waals surface area contributed by atoms with Gasteiger partial charge in [-0.2, -0.15) is 0 Å². The molecule has 0 bridgehead atoms. The van der Waals surface area contributed by atoms with Gasteiger partial charge in [-0.1, -0.05) is 11.2 Å². The van der Waals surface area contributed by atoms with Gasteiger partial charge in [-0.3, -0.25) is 5.32 Å². The number of benzene rings is 1. The summed E-state index contributed by atoms with van der Waals surface area (Å²) in [5.41, 5.74) is 1.37. The second-order valence-corrected chi connectivity index (χ2v) is 5.08. The van der Waals surface area contributed by atoms with Crippen molar-refractivity contribution in [1.29, 1.82) is 0 Å². The molecule has 1 aromatic carbocycles. The molecule has 0 aliphatic heterocycles. The third kappa shape index (κ3) is 2.61. The molecule has 0 saturated carbocycles. The fraction of sp³-hybridized carbons (Fsp3) is 0.385. The zero-order valence-corrected chi connectivity index (χ0v) is 10.9. The van der Waals surface area contributed by atoms with Gasteiger partial charge in [0.25, 0.3) is 0 Å². The van der Waals surface area contributed by atoms with Crippen LogP contribution in [0.4, 0.5) is 10.5 Å². The number of para-hydroxylation sites is 1. The minimum absolute atomic E-state index is 0.510. The highest BCUT2D eigenvalue weighted by atomic mass is 16.6. The van der Waals surface area contributed by atoms with Crippen molar-refractivity contribution in [2.75, 3.05) is 5.32 Å². The summed E-state index contributed by atoms with van der Waals surface area (Å²) in [6.45, 7) is 7.28. The third-order valence-electron chi connectivity index (χ3n) is 2.31. The number of rotatable bonds is 1. The summed E-state index contributed by atoms with van der Waals surface area (Å²) < 4.78 is 10.4. The van der Waals surface area contributed by atoms with E-state index in [1.165, 1.54) is 0 Å². The number of hydrogen-bond acceptors (Lipinski definition) is 4. The first-order chi connectivity index (χ1) is 8.37. The van der Waals surface area contributed by atoms with E-state index in [2.05, 4.69) is 10.5 Å². The zero-order chi connectivity index (χ0) is 13.3. The van der Waals surface area contributed by atoms with Crippen molar-refractivity contribution in [2.24, 2.45) is 0 Å². The molecule has 0 spiro atoms. The largest absolute Gasteiger partial charge is 0.444 e. The van der Waals surface area contributed by atoms with E-state index in [0.29, 0.717) is 11.3 Å². The van der Waals surface area contributed by atoms with Gasteiger partial charge < -0.3 is 9.26 Å². The van der Waals surface area contributed by atoms with E-state index < -0.39 is 11.7 Å². The van der Waals surface area contributed by atoms with Gasteiger partial charge in [0.2, 0.25) is 0 Å². The SMILES string of the molecule is Cc1noc2c(NC(=O)OC(C)(C)C)cccc12. The zero-order valence-electron chi connectivity index (χ0n) is 10.9. The first-order valence-electron chi connectivity index (χ1n) is 5.72. The highest BCUT2D eigenvalue weighted by Gasteiger charge is 2.18. The monoisotopic (exact) mass is 248 g/mol. The summed E-state index contributed by atoms with van der Waals surface area (Å²) in [4.78, 5) is 11.7. The van der Waals surface area contributed by atoms with Crippen molar-refractivity contribution >= 4 is 22.7 Å². The van der Waals surface area contributed by atoms with Gasteiger partial charge in [0.05, 0.1) is 11.4 Å². The van der Waals surface area contributed by atoms with Crippen LogP contribution in [-0.4, -0.2) is 16.9 Å². The third-order valence-corrected chi connectivity index (χ3v) is 2.31. The minimum Gasteiger partial charge on any atom is -0.444 e. The molecule has 5 nitrogen and oxygen atoms in total. The second kappa shape index (κ2) is 4.33. The number of hydrogen-bond donors (Lipinski definition) is 1. The topological polar surface area (TPSA) is 64.4 Å². The summed E-state index contributed by atoms with van der Waals surface area (Å²) in [7, 11) is 0. The number of amides is 1. The van der Waals surface area contributed by atoms with Crippen molar-refractivity contribution in [2.45, 2.75) is 33.3 Å². The van der Waals surface area contributed by atoms with Crippen LogP contribution in [0, 0.1) is 6.92 Å². The molecule has 1 aromatic heterocycles. The van der Waals surface area contributed by atoms with Crippen LogP contribution in [0.2, 0.25) is 0 Å². The van der Waals surface area contributed by atoms with Crippen LogP contribution in [-0.2, 0) is 4.74 Å². The molecule has 0 atom stereocenters. The molecule has 0 aliphatic rings. The standard InChI is InChI=1S/C13H16N2O3/c1-8-9-6-5-7-10(11(9)18-15-8)14-12(16)17-13(2,3)4/h5-7H,1-4H3,(H,14,16). The second-order valence-electron chi connectivity index (χ2n) is 5.08. The van der Waals surface area contributed by atoms with Crippen LogP contribution in [0.1, 0.15) is 26.5 Å². The van der Waals surface area contributed by atoms with Gasteiger partial charge in [-0.15, -0.1) is 0 Å². The normalized spacial score (nSPS) is 11.6. The Bertz CT molecular complexity index is 581. The molecule has 18 heavy (non-hydrogen) atoms. The number of fused-ring (bicyclic) bond motifs is 1. The van der Waals surface area contributed by atoms with Gasteiger partial charge >= 0.3 is 6.09 Å². The molecular formula is C13H16N2O3. The van der Waals surface area contributed by atoms with E-state index in [1.807, 2.05) is 39.8 Å². The fourth-order valence-electron chi connectivity index (χ4n) is 1.60. The Morgan fingerprint density at radius 3 is 2.78 bits per heavy atom. The van der Waals surface area contributed by atoms with Crippen molar-refractivity contribution < 1.29 is 14.1 Å². The van der Waals surface area contributed by atoms with Crippen LogP contribution in [0.15, 0.2) is 22.7 Å². The molecule has 2 aromatic rings. The number of carbonyl (C=O) groups is 1. The lowest BCUT2D eigenvalue weighted by Gasteiger charge is -2.19. The molecular weight excluding hydrogens is 232 g/mol. The predicted molar refractivity (Wildman–Crippen MR) is 68.6 cm³/mol. The molecule has 0 unspecified atom stereocenters. The van der Waals surface area contributed by atoms with Gasteiger partial charge in [-0.25, -0.2) is 4.79 Å². The molecule has 0 fully saturated rings. The Labute approximate surface area is 105 Å². The first kappa shape index (κ1) is 12.4. The van der Waals surface area contributed by atoms with Crippen molar-refractivity contribution in [1.82, 2.24) is 5.16 Å². The van der Waals surface area contributed by atoms with E-state index in [-0.39, 0.29) is 0 Å². The highest BCUT2D eigenvalue weighted by molar-refractivity contribution is 5.97. The highest BCUT2D eigenvalue weighted by Crippen LogP contribution is 2.26. The summed E-state index contributed by atoms with van der Waals surface area (Å²) in [6.07, 6.45) is -0.510. The number of carbonyl (C=O) groups excluding carboxylic acids is 1. The fourth-order valence-corrected chi connectivity index (χ4v) is 1.60. The van der Waals surface area contributed by atoms with E-state index in [1.54, 1.807) is 6.07 Å². The van der Waals surface area contributed by atoms with E-state index >= 15 is 0 Å². The van der Waals surface area contributed by atoms with Crippen LogP contribution >= 0.6 is 0 Å². The number of aryl methyl sites for hydroxylation is 1. The summed E-state index contributed by atoms with van der Waals surface area (Å²) in [5, 5.41) is 7.41. The average Bonchev–Trinajstić information content (AvgIpc) is 2.59. The molecule has 96 valence electrons. The maximum Gasteiger partial charge on any atom is 0.412 e. The Morgan fingerprint density at radius 2 is 2.11 bits per heavy atom. The van der Waals surface area contributed by atoms with E-state index in [4.69, 9.17) is 9.26 Å². The number of anilines is 1. The molecule has 2 rings (SSSR count). The molecule has 1 heterocycles. The molecule has 0 aliphatic carbocycles. The molecule has 1 N–H and O–H groups in total. The lowest BCUT2D eigenvalue weighted by atomic mass is 10.2. The Kier molecular flexibility index (Phi) is 2.98. The van der Waals surface area contributed by atoms with Crippen LogP contribution < -0.4 is 5.32 Å². The van der Waals surface area contributed by atoms with Crippen LogP contribution in [0.25, 0.3) is 11.0 Å². The van der Waals surface area contributed by atoms with Crippen molar-refractivity contribution in [3.63, 3.8) is 0 Å². The smallest absolute Gasteiger partial charge is 0.412 e. The van der Waals surface area contributed by atoms with Gasteiger partial charge in [-0.05, 0) is 39.8 Å². The van der Waals surface area contributed by atoms with E-state index in [9.17, 15) is 4.79 Å². The minimum atomic E-state index is -0.532. The molecule has 0 radical (unpaired) electrons. The Morgan fingerprint density at radius 1 is 1.39 bits per heavy atom. The van der Waals surface area contributed by atoms with Crippen LogP contribution in [0.5, 0.6) is 0 Å².